The molecule has 2 aromatic carbocycles. The number of anilines is 1. The molecule has 3 aromatic rings. The molecule has 1 aliphatic carbocycles. The van der Waals surface area contributed by atoms with E-state index in [9.17, 15) is 14.4 Å². The van der Waals surface area contributed by atoms with Crippen LogP contribution in [0.5, 0.6) is 0 Å². The molecule has 2 heterocycles. The van der Waals surface area contributed by atoms with Crippen molar-refractivity contribution in [2.75, 3.05) is 18.4 Å². The van der Waals surface area contributed by atoms with Gasteiger partial charge in [0.1, 0.15) is 0 Å². The van der Waals surface area contributed by atoms with E-state index in [1.54, 1.807) is 59.6 Å². The molecule has 1 aliphatic heterocycles. The van der Waals surface area contributed by atoms with E-state index >= 15 is 0 Å². The van der Waals surface area contributed by atoms with Crippen LogP contribution in [0, 0.1) is 11.3 Å². The lowest BCUT2D eigenvalue weighted by Crippen LogP contribution is -2.42. The van der Waals surface area contributed by atoms with Gasteiger partial charge < -0.3 is 10.2 Å². The first-order valence-corrected chi connectivity index (χ1v) is 11.2. The summed E-state index contributed by atoms with van der Waals surface area (Å²) in [5, 5.41) is 3.78. The number of aromatic nitrogens is 2. The van der Waals surface area contributed by atoms with E-state index in [1.807, 2.05) is 4.90 Å². The fourth-order valence-corrected chi connectivity index (χ4v) is 5.14. The van der Waals surface area contributed by atoms with E-state index < -0.39 is 5.41 Å². The summed E-state index contributed by atoms with van der Waals surface area (Å²) < 4.78 is 3.11. The summed E-state index contributed by atoms with van der Waals surface area (Å²) >= 11 is 12.0. The summed E-state index contributed by atoms with van der Waals surface area (Å²) in [6.45, 7) is 1.05. The van der Waals surface area contributed by atoms with E-state index in [4.69, 9.17) is 23.2 Å². The molecule has 1 saturated heterocycles. The van der Waals surface area contributed by atoms with Gasteiger partial charge in [0.05, 0.1) is 26.5 Å². The van der Waals surface area contributed by atoms with Crippen LogP contribution in [0.15, 0.2) is 41.2 Å². The largest absolute Gasteiger partial charge is 0.338 e. The summed E-state index contributed by atoms with van der Waals surface area (Å²) in [6.07, 6.45) is 1.37. The summed E-state index contributed by atoms with van der Waals surface area (Å²) in [5.74, 6) is 0.0232. The zero-order chi connectivity index (χ0) is 22.8. The normalized spacial score (nSPS) is 22.0. The first-order valence-electron chi connectivity index (χ1n) is 10.4. The molecule has 166 valence electrons. The van der Waals surface area contributed by atoms with Crippen LogP contribution in [0.4, 0.5) is 5.69 Å². The number of hydrogen-bond donors (Lipinski definition) is 1. The smallest absolute Gasteiger partial charge is 0.328 e. The van der Waals surface area contributed by atoms with Crippen molar-refractivity contribution < 1.29 is 9.59 Å². The first kappa shape index (κ1) is 21.1. The number of fused-ring (bicyclic) bond motifs is 2. The van der Waals surface area contributed by atoms with Gasteiger partial charge in [-0.15, -0.1) is 0 Å². The Labute approximate surface area is 194 Å². The van der Waals surface area contributed by atoms with Crippen LogP contribution in [0.2, 0.25) is 10.0 Å². The van der Waals surface area contributed by atoms with Crippen molar-refractivity contribution >= 4 is 51.7 Å². The van der Waals surface area contributed by atoms with Gasteiger partial charge in [-0.1, -0.05) is 23.2 Å². The molecule has 0 radical (unpaired) electrons. The third-order valence-corrected chi connectivity index (χ3v) is 7.68. The Morgan fingerprint density at radius 2 is 1.78 bits per heavy atom. The van der Waals surface area contributed by atoms with Crippen molar-refractivity contribution in [1.29, 1.82) is 0 Å². The van der Waals surface area contributed by atoms with Crippen molar-refractivity contribution in [2.45, 2.75) is 12.8 Å². The van der Waals surface area contributed by atoms with Crippen LogP contribution < -0.4 is 11.0 Å². The topological polar surface area (TPSA) is 76.3 Å². The highest BCUT2D eigenvalue weighted by Gasteiger charge is 2.62. The van der Waals surface area contributed by atoms with E-state index in [1.165, 1.54) is 0 Å². The molecule has 9 heteroatoms. The number of benzene rings is 2. The second-order valence-electron chi connectivity index (χ2n) is 8.75. The van der Waals surface area contributed by atoms with Gasteiger partial charge in [-0.25, -0.2) is 4.79 Å². The second-order valence-corrected chi connectivity index (χ2v) is 9.56. The maximum Gasteiger partial charge on any atom is 0.328 e. The molecule has 0 spiro atoms. The second kappa shape index (κ2) is 7.39. The minimum Gasteiger partial charge on any atom is -0.338 e. The van der Waals surface area contributed by atoms with Crippen molar-refractivity contribution in [3.8, 4) is 0 Å². The molecular formula is C23H22Cl2N4O3. The molecule has 0 bridgehead atoms. The Morgan fingerprint density at radius 1 is 1.03 bits per heavy atom. The highest BCUT2D eigenvalue weighted by atomic mass is 35.5. The molecular weight excluding hydrogens is 451 g/mol. The number of imidazole rings is 1. The lowest BCUT2D eigenvalue weighted by Gasteiger charge is -2.31. The minimum absolute atomic E-state index is 0.0336. The van der Waals surface area contributed by atoms with E-state index in [0.717, 1.165) is 17.5 Å². The Hall–Kier alpha value is -2.77. The molecule has 2 fully saturated rings. The minimum atomic E-state index is -0.434. The third kappa shape index (κ3) is 3.22. The van der Waals surface area contributed by atoms with Crippen LogP contribution in [0.25, 0.3) is 11.0 Å². The van der Waals surface area contributed by atoms with Gasteiger partial charge in [-0.2, -0.15) is 0 Å². The van der Waals surface area contributed by atoms with Gasteiger partial charge in [0.2, 0.25) is 5.91 Å². The molecule has 1 N–H and O–H groups in total. The zero-order valence-electron chi connectivity index (χ0n) is 17.7. The molecule has 1 aromatic heterocycles. The lowest BCUT2D eigenvalue weighted by molar-refractivity contribution is -0.122. The summed E-state index contributed by atoms with van der Waals surface area (Å²) in [6, 6.07) is 10.4. The first-order chi connectivity index (χ1) is 15.2. The van der Waals surface area contributed by atoms with Gasteiger partial charge in [-0.3, -0.25) is 18.7 Å². The van der Waals surface area contributed by atoms with Crippen LogP contribution in [0.3, 0.4) is 0 Å². The van der Waals surface area contributed by atoms with Crippen LogP contribution in [-0.4, -0.2) is 38.9 Å². The summed E-state index contributed by atoms with van der Waals surface area (Å²) in [5.41, 5.74) is 2.11. The fraction of sp³-hybridized carbons (Fsp3) is 0.348. The number of amides is 2. The standard InChI is InChI=1S/C23H22Cl2N4O3/c1-27-18-6-3-13(9-19(18)28(2)22(27)32)20(30)29-8-7-23(11-14(23)12-29)21(31)26-15-4-5-16(24)17(25)10-15/h3-6,9-10,14H,7-8,11-12H2,1-2H3,(H,26,31). The predicted molar refractivity (Wildman–Crippen MR) is 124 cm³/mol. The summed E-state index contributed by atoms with van der Waals surface area (Å²) in [7, 11) is 3.41. The predicted octanol–water partition coefficient (Wildman–Crippen LogP) is 3.67. The van der Waals surface area contributed by atoms with Crippen LogP contribution >= 0.6 is 23.2 Å². The average Bonchev–Trinajstić information content (AvgIpc) is 3.50. The third-order valence-electron chi connectivity index (χ3n) is 6.94. The average molecular weight is 473 g/mol. The number of nitrogens with one attached hydrogen (secondary N) is 1. The Kier molecular flexibility index (Phi) is 4.87. The Bertz CT molecular complexity index is 1340. The molecule has 2 amide bonds. The van der Waals surface area contributed by atoms with Crippen molar-refractivity contribution in [1.82, 2.24) is 14.0 Å². The Morgan fingerprint density at radius 3 is 2.50 bits per heavy atom. The van der Waals surface area contributed by atoms with Gasteiger partial charge in [0.15, 0.2) is 0 Å². The van der Waals surface area contributed by atoms with Crippen molar-refractivity contribution in [2.24, 2.45) is 25.4 Å². The van der Waals surface area contributed by atoms with Gasteiger partial charge >= 0.3 is 5.69 Å². The van der Waals surface area contributed by atoms with Gasteiger partial charge in [0.25, 0.3) is 5.91 Å². The highest BCUT2D eigenvalue weighted by Crippen LogP contribution is 2.58. The molecule has 32 heavy (non-hydrogen) atoms. The van der Waals surface area contributed by atoms with Gasteiger partial charge in [0, 0.05) is 38.4 Å². The quantitative estimate of drug-likeness (QED) is 0.631. The van der Waals surface area contributed by atoms with E-state index in [2.05, 4.69) is 5.32 Å². The number of rotatable bonds is 3. The van der Waals surface area contributed by atoms with Crippen molar-refractivity contribution in [3.63, 3.8) is 0 Å². The van der Waals surface area contributed by atoms with Gasteiger partial charge in [-0.05, 0) is 55.2 Å². The van der Waals surface area contributed by atoms with Crippen molar-refractivity contribution in [3.05, 3.63) is 62.5 Å². The highest BCUT2D eigenvalue weighted by molar-refractivity contribution is 6.42. The molecule has 7 nitrogen and oxygen atoms in total. The fourth-order valence-electron chi connectivity index (χ4n) is 4.85. The zero-order valence-corrected chi connectivity index (χ0v) is 19.2. The number of piperidine rings is 1. The number of hydrogen-bond acceptors (Lipinski definition) is 3. The molecule has 5 rings (SSSR count). The number of carbonyl (C=O) groups is 2. The maximum absolute atomic E-state index is 13.1. The lowest BCUT2D eigenvalue weighted by atomic mass is 9.93. The monoisotopic (exact) mass is 472 g/mol. The molecule has 2 unspecified atom stereocenters. The number of aryl methyl sites for hydroxylation is 2. The van der Waals surface area contributed by atoms with Crippen LogP contribution in [-0.2, 0) is 18.9 Å². The summed E-state index contributed by atoms with van der Waals surface area (Å²) in [4.78, 5) is 40.1. The number of carbonyl (C=O) groups excluding carboxylic acids is 2. The molecule has 2 atom stereocenters. The van der Waals surface area contributed by atoms with E-state index in [0.29, 0.717) is 40.8 Å². The number of halogens is 2. The molecule has 2 aliphatic rings. The number of likely N-dealkylation sites (tertiary alicyclic amines) is 1. The van der Waals surface area contributed by atoms with Crippen LogP contribution in [0.1, 0.15) is 23.2 Å². The maximum atomic E-state index is 13.1. The SMILES string of the molecule is Cn1c(=O)n(C)c2cc(C(=O)N3CCC4(C(=O)Nc5ccc(Cl)c(Cl)c5)CC4C3)ccc21. The number of nitrogens with zero attached hydrogens (tertiary/aromatic N) is 3. The molecule has 1 saturated carbocycles. The van der Waals surface area contributed by atoms with E-state index in [-0.39, 0.29) is 23.4 Å². The Balaban J connectivity index is 1.29.